The summed E-state index contributed by atoms with van der Waals surface area (Å²) >= 11 is 8.38. The lowest BCUT2D eigenvalue weighted by molar-refractivity contribution is 1.10. The summed E-state index contributed by atoms with van der Waals surface area (Å²) < 4.78 is 1.11. The smallest absolute Gasteiger partial charge is 0.224 e. The maximum atomic E-state index is 6.13. The predicted molar refractivity (Wildman–Crippen MR) is 83.8 cm³/mol. The van der Waals surface area contributed by atoms with Crippen LogP contribution in [0.5, 0.6) is 0 Å². The Morgan fingerprint density at radius 3 is 2.72 bits per heavy atom. The van der Waals surface area contributed by atoms with Crippen LogP contribution in [0.25, 0.3) is 0 Å². The molecule has 2 rings (SSSR count). The topological polar surface area (TPSA) is 49.8 Å². The minimum Gasteiger partial charge on any atom is -0.357 e. The normalized spacial score (nSPS) is 10.2. The van der Waals surface area contributed by atoms with E-state index in [4.69, 9.17) is 11.6 Å². The maximum Gasteiger partial charge on any atom is 0.224 e. The van der Waals surface area contributed by atoms with Gasteiger partial charge >= 0.3 is 0 Å². The molecule has 0 aliphatic carbocycles. The first kappa shape index (κ1) is 13.4. The van der Waals surface area contributed by atoms with Crippen LogP contribution >= 0.6 is 34.2 Å². The molecule has 1 aromatic carbocycles. The number of halogens is 2. The van der Waals surface area contributed by atoms with E-state index in [1.165, 1.54) is 0 Å². The van der Waals surface area contributed by atoms with Gasteiger partial charge in [0.1, 0.15) is 5.82 Å². The van der Waals surface area contributed by atoms with Gasteiger partial charge < -0.3 is 10.6 Å². The molecule has 0 aliphatic rings. The molecular weight excluding hydrogens is 363 g/mol. The molecule has 18 heavy (non-hydrogen) atoms. The van der Waals surface area contributed by atoms with Crippen molar-refractivity contribution in [3.8, 4) is 0 Å². The number of hydrogen-bond donors (Lipinski definition) is 2. The zero-order valence-electron chi connectivity index (χ0n) is 9.96. The van der Waals surface area contributed by atoms with Gasteiger partial charge in [0.2, 0.25) is 5.95 Å². The average molecular weight is 375 g/mol. The molecule has 0 atom stereocenters. The van der Waals surface area contributed by atoms with Gasteiger partial charge in [-0.1, -0.05) is 11.6 Å². The molecule has 0 radical (unpaired) electrons. The molecule has 1 heterocycles. The zero-order valence-corrected chi connectivity index (χ0v) is 12.9. The third-order valence-electron chi connectivity index (χ3n) is 2.27. The molecule has 4 nitrogen and oxygen atoms in total. The molecule has 2 N–H and O–H groups in total. The van der Waals surface area contributed by atoms with Crippen molar-refractivity contribution in [2.24, 2.45) is 0 Å². The number of nitrogens with one attached hydrogen (secondary N) is 2. The average Bonchev–Trinajstić information content (AvgIpc) is 2.33. The Morgan fingerprint density at radius 2 is 2.00 bits per heavy atom. The van der Waals surface area contributed by atoms with Crippen molar-refractivity contribution in [1.82, 2.24) is 9.97 Å². The van der Waals surface area contributed by atoms with Crippen molar-refractivity contribution in [2.75, 3.05) is 17.7 Å². The van der Waals surface area contributed by atoms with Crippen LogP contribution in [-0.2, 0) is 0 Å². The minimum atomic E-state index is 0.583. The molecule has 2 aromatic rings. The van der Waals surface area contributed by atoms with E-state index in [0.717, 1.165) is 20.8 Å². The molecular formula is C12H12ClIN4. The second-order valence-electron chi connectivity index (χ2n) is 3.72. The number of anilines is 3. The summed E-state index contributed by atoms with van der Waals surface area (Å²) in [5, 5.41) is 6.79. The van der Waals surface area contributed by atoms with Crippen molar-refractivity contribution in [2.45, 2.75) is 6.92 Å². The summed E-state index contributed by atoms with van der Waals surface area (Å²) in [6, 6.07) is 7.66. The molecule has 0 spiro atoms. The van der Waals surface area contributed by atoms with E-state index in [-0.39, 0.29) is 0 Å². The number of rotatable bonds is 3. The van der Waals surface area contributed by atoms with E-state index in [1.807, 2.05) is 31.2 Å². The molecule has 0 amide bonds. The molecule has 1 aromatic heterocycles. The second kappa shape index (κ2) is 5.71. The van der Waals surface area contributed by atoms with Crippen LogP contribution in [0.4, 0.5) is 17.5 Å². The quantitative estimate of drug-likeness (QED) is 0.802. The molecule has 94 valence electrons. The van der Waals surface area contributed by atoms with Crippen molar-refractivity contribution in [3.63, 3.8) is 0 Å². The number of nitrogens with zero attached hydrogens (tertiary/aromatic N) is 2. The molecule has 6 heteroatoms. The fourth-order valence-corrected chi connectivity index (χ4v) is 2.13. The SMILES string of the molecule is CNc1nc(C)cc(Nc2cc(I)ccc2Cl)n1. The Labute approximate surface area is 124 Å². The number of aromatic nitrogens is 2. The summed E-state index contributed by atoms with van der Waals surface area (Å²) in [6.45, 7) is 1.92. The number of aryl methyl sites for hydroxylation is 1. The summed E-state index contributed by atoms with van der Waals surface area (Å²) in [6.07, 6.45) is 0. The highest BCUT2D eigenvalue weighted by molar-refractivity contribution is 14.1. The minimum absolute atomic E-state index is 0.583. The van der Waals surface area contributed by atoms with E-state index in [1.54, 1.807) is 7.05 Å². The highest BCUT2D eigenvalue weighted by Gasteiger charge is 2.05. The number of benzene rings is 1. The van der Waals surface area contributed by atoms with Crippen molar-refractivity contribution >= 4 is 51.6 Å². The fourth-order valence-electron chi connectivity index (χ4n) is 1.48. The Kier molecular flexibility index (Phi) is 4.23. The van der Waals surface area contributed by atoms with Gasteiger partial charge in [-0.3, -0.25) is 0 Å². The summed E-state index contributed by atoms with van der Waals surface area (Å²) in [5.41, 5.74) is 1.72. The molecule has 0 saturated heterocycles. The van der Waals surface area contributed by atoms with Crippen LogP contribution in [0.1, 0.15) is 5.69 Å². The zero-order chi connectivity index (χ0) is 13.1. The summed E-state index contributed by atoms with van der Waals surface area (Å²) in [7, 11) is 1.79. The number of hydrogen-bond acceptors (Lipinski definition) is 4. The van der Waals surface area contributed by atoms with Crippen LogP contribution in [-0.4, -0.2) is 17.0 Å². The van der Waals surface area contributed by atoms with E-state index < -0.39 is 0 Å². The predicted octanol–water partition coefficient (Wildman–Crippen LogP) is 3.83. The van der Waals surface area contributed by atoms with E-state index in [0.29, 0.717) is 11.0 Å². The first-order valence-electron chi connectivity index (χ1n) is 5.34. The van der Waals surface area contributed by atoms with Crippen molar-refractivity contribution in [1.29, 1.82) is 0 Å². The Balaban J connectivity index is 2.33. The van der Waals surface area contributed by atoms with E-state index in [2.05, 4.69) is 43.2 Å². The monoisotopic (exact) mass is 374 g/mol. The molecule has 0 fully saturated rings. The standard InChI is InChI=1S/C12H12ClIN4/c1-7-5-11(18-12(15-2)16-7)17-10-6-8(14)3-4-9(10)13/h3-6H,1-2H3,(H2,15,16,17,18). The third-order valence-corrected chi connectivity index (χ3v) is 3.27. The van der Waals surface area contributed by atoms with Crippen LogP contribution in [0.15, 0.2) is 24.3 Å². The van der Waals surface area contributed by atoms with Crippen molar-refractivity contribution < 1.29 is 0 Å². The molecule has 0 bridgehead atoms. The highest BCUT2D eigenvalue weighted by atomic mass is 127. The lowest BCUT2D eigenvalue weighted by Crippen LogP contribution is -2.02. The summed E-state index contributed by atoms with van der Waals surface area (Å²) in [4.78, 5) is 8.56. The van der Waals surface area contributed by atoms with Gasteiger partial charge in [0, 0.05) is 22.4 Å². The largest absolute Gasteiger partial charge is 0.357 e. The van der Waals surface area contributed by atoms with Crippen LogP contribution in [0.2, 0.25) is 5.02 Å². The maximum absolute atomic E-state index is 6.13. The van der Waals surface area contributed by atoms with Crippen LogP contribution in [0, 0.1) is 10.5 Å². The molecule has 0 saturated carbocycles. The van der Waals surface area contributed by atoms with Gasteiger partial charge in [-0.05, 0) is 47.7 Å². The summed E-state index contributed by atoms with van der Waals surface area (Å²) in [5.74, 6) is 1.30. The fraction of sp³-hybridized carbons (Fsp3) is 0.167. The van der Waals surface area contributed by atoms with E-state index >= 15 is 0 Å². The first-order valence-corrected chi connectivity index (χ1v) is 6.79. The van der Waals surface area contributed by atoms with Crippen LogP contribution < -0.4 is 10.6 Å². The van der Waals surface area contributed by atoms with Gasteiger partial charge in [0.15, 0.2) is 0 Å². The van der Waals surface area contributed by atoms with Crippen molar-refractivity contribution in [3.05, 3.63) is 38.6 Å². The van der Waals surface area contributed by atoms with Crippen LogP contribution in [0.3, 0.4) is 0 Å². The van der Waals surface area contributed by atoms with Gasteiger partial charge in [-0.15, -0.1) is 0 Å². The Hall–Kier alpha value is -1.08. The van der Waals surface area contributed by atoms with Gasteiger partial charge in [0.25, 0.3) is 0 Å². The third kappa shape index (κ3) is 3.23. The molecule has 0 unspecified atom stereocenters. The molecule has 0 aliphatic heterocycles. The highest BCUT2D eigenvalue weighted by Crippen LogP contribution is 2.26. The lowest BCUT2D eigenvalue weighted by atomic mass is 10.3. The van der Waals surface area contributed by atoms with Gasteiger partial charge in [0.05, 0.1) is 10.7 Å². The van der Waals surface area contributed by atoms with E-state index in [9.17, 15) is 0 Å². The Morgan fingerprint density at radius 1 is 1.22 bits per heavy atom. The van der Waals surface area contributed by atoms with Gasteiger partial charge in [-0.25, -0.2) is 4.98 Å². The second-order valence-corrected chi connectivity index (χ2v) is 5.37. The lowest BCUT2D eigenvalue weighted by Gasteiger charge is -2.10. The van der Waals surface area contributed by atoms with Gasteiger partial charge in [-0.2, -0.15) is 4.98 Å². The first-order chi connectivity index (χ1) is 8.58. The Bertz CT molecular complexity index is 574.